The Morgan fingerprint density at radius 2 is 2.00 bits per heavy atom. The van der Waals surface area contributed by atoms with E-state index in [1.54, 1.807) is 0 Å². The predicted molar refractivity (Wildman–Crippen MR) is 76.9 cm³/mol. The second-order valence-electron chi connectivity index (χ2n) is 5.87. The van der Waals surface area contributed by atoms with Crippen LogP contribution < -0.4 is 5.32 Å². The van der Waals surface area contributed by atoms with Crippen LogP contribution in [-0.2, 0) is 12.0 Å². The van der Waals surface area contributed by atoms with E-state index in [2.05, 4.69) is 36.3 Å². The van der Waals surface area contributed by atoms with Gasteiger partial charge in [-0.05, 0) is 31.7 Å². The molecular formula is C14H25N3S. The number of nitrogens with zero attached hydrogens (tertiary/aromatic N) is 2. The van der Waals surface area contributed by atoms with Crippen LogP contribution in [0.4, 0.5) is 0 Å². The van der Waals surface area contributed by atoms with Crippen LogP contribution in [0.5, 0.6) is 0 Å². The molecule has 0 spiro atoms. The maximum Gasteiger partial charge on any atom is 0.131 e. The fourth-order valence-corrected chi connectivity index (χ4v) is 4.17. The normalized spacial score (nSPS) is 18.7. The first-order chi connectivity index (χ1) is 8.66. The maximum absolute atomic E-state index is 4.50. The van der Waals surface area contributed by atoms with Crippen LogP contribution in [0.2, 0.25) is 0 Å². The Hall–Kier alpha value is -0.480. The molecule has 3 nitrogen and oxygen atoms in total. The SMILES string of the molecule is CCNCc1nnc(C2(CC(C)C)CCCC2)s1. The quantitative estimate of drug-likeness (QED) is 0.857. The van der Waals surface area contributed by atoms with Gasteiger partial charge in [-0.3, -0.25) is 0 Å². The fraction of sp³-hybridized carbons (Fsp3) is 0.857. The summed E-state index contributed by atoms with van der Waals surface area (Å²) in [4.78, 5) is 0. The van der Waals surface area contributed by atoms with Gasteiger partial charge in [0.1, 0.15) is 10.0 Å². The highest BCUT2D eigenvalue weighted by Gasteiger charge is 2.39. The molecule has 2 rings (SSSR count). The molecule has 0 aromatic carbocycles. The lowest BCUT2D eigenvalue weighted by Gasteiger charge is -2.27. The number of hydrogen-bond acceptors (Lipinski definition) is 4. The van der Waals surface area contributed by atoms with Gasteiger partial charge in [0.05, 0.1) is 0 Å². The molecule has 0 aliphatic heterocycles. The first-order valence-electron chi connectivity index (χ1n) is 7.20. The molecule has 0 unspecified atom stereocenters. The van der Waals surface area contributed by atoms with Crippen molar-refractivity contribution in [3.63, 3.8) is 0 Å². The Morgan fingerprint density at radius 1 is 1.28 bits per heavy atom. The second kappa shape index (κ2) is 6.11. The van der Waals surface area contributed by atoms with E-state index in [-0.39, 0.29) is 0 Å². The van der Waals surface area contributed by atoms with Crippen molar-refractivity contribution in [2.75, 3.05) is 6.54 Å². The first kappa shape index (κ1) is 13.9. The van der Waals surface area contributed by atoms with Crippen molar-refractivity contribution in [1.82, 2.24) is 15.5 Å². The summed E-state index contributed by atoms with van der Waals surface area (Å²) in [5.74, 6) is 0.740. The van der Waals surface area contributed by atoms with Crippen LogP contribution in [-0.4, -0.2) is 16.7 Å². The molecule has 1 aliphatic rings. The third kappa shape index (κ3) is 3.09. The van der Waals surface area contributed by atoms with E-state index in [1.807, 2.05) is 11.3 Å². The zero-order chi connectivity index (χ0) is 13.0. The van der Waals surface area contributed by atoms with Crippen molar-refractivity contribution >= 4 is 11.3 Å². The Kier molecular flexibility index (Phi) is 4.73. The van der Waals surface area contributed by atoms with Gasteiger partial charge in [0.15, 0.2) is 0 Å². The van der Waals surface area contributed by atoms with Gasteiger partial charge in [0.25, 0.3) is 0 Å². The van der Waals surface area contributed by atoms with Crippen molar-refractivity contribution in [1.29, 1.82) is 0 Å². The molecule has 1 aromatic heterocycles. The van der Waals surface area contributed by atoms with Crippen molar-refractivity contribution in [2.24, 2.45) is 5.92 Å². The number of aromatic nitrogens is 2. The molecule has 4 heteroatoms. The van der Waals surface area contributed by atoms with Crippen LogP contribution in [0.1, 0.15) is 62.9 Å². The third-order valence-corrected chi connectivity index (χ3v) is 4.98. The summed E-state index contributed by atoms with van der Waals surface area (Å²) in [6.07, 6.45) is 6.59. The average Bonchev–Trinajstić information content (AvgIpc) is 2.94. The molecule has 0 saturated heterocycles. The first-order valence-corrected chi connectivity index (χ1v) is 8.01. The lowest BCUT2D eigenvalue weighted by molar-refractivity contribution is 0.343. The minimum atomic E-state index is 0.344. The van der Waals surface area contributed by atoms with Crippen molar-refractivity contribution < 1.29 is 0 Å². The van der Waals surface area contributed by atoms with E-state index in [0.717, 1.165) is 24.0 Å². The third-order valence-electron chi connectivity index (χ3n) is 3.81. The van der Waals surface area contributed by atoms with Gasteiger partial charge < -0.3 is 5.32 Å². The van der Waals surface area contributed by atoms with Crippen molar-refractivity contribution in [3.05, 3.63) is 10.0 Å². The average molecular weight is 267 g/mol. The Labute approximate surface area is 114 Å². The fourth-order valence-electron chi connectivity index (χ4n) is 3.11. The number of rotatable bonds is 6. The summed E-state index contributed by atoms with van der Waals surface area (Å²) in [6.45, 7) is 8.62. The number of hydrogen-bond donors (Lipinski definition) is 1. The lowest BCUT2D eigenvalue weighted by Crippen LogP contribution is -2.24. The Balaban J connectivity index is 2.13. The van der Waals surface area contributed by atoms with E-state index in [1.165, 1.54) is 37.1 Å². The van der Waals surface area contributed by atoms with Crippen LogP contribution >= 0.6 is 11.3 Å². The summed E-state index contributed by atoms with van der Waals surface area (Å²) in [6, 6.07) is 0. The standard InChI is InChI=1S/C14H25N3S/c1-4-15-10-12-16-17-13(18-12)14(9-11(2)3)7-5-6-8-14/h11,15H,4-10H2,1-3H3. The lowest BCUT2D eigenvalue weighted by atomic mass is 9.79. The highest BCUT2D eigenvalue weighted by molar-refractivity contribution is 7.11. The van der Waals surface area contributed by atoms with Crippen LogP contribution in [0.25, 0.3) is 0 Å². The van der Waals surface area contributed by atoms with Gasteiger partial charge in [-0.2, -0.15) is 0 Å². The summed E-state index contributed by atoms with van der Waals surface area (Å²) < 4.78 is 0. The van der Waals surface area contributed by atoms with Gasteiger partial charge in [-0.1, -0.05) is 44.9 Å². The molecule has 0 atom stereocenters. The van der Waals surface area contributed by atoms with E-state index >= 15 is 0 Å². The molecule has 0 amide bonds. The van der Waals surface area contributed by atoms with E-state index in [9.17, 15) is 0 Å². The van der Waals surface area contributed by atoms with Gasteiger partial charge in [-0.25, -0.2) is 0 Å². The molecule has 18 heavy (non-hydrogen) atoms. The van der Waals surface area contributed by atoms with Gasteiger partial charge >= 0.3 is 0 Å². The molecule has 1 heterocycles. The molecule has 1 fully saturated rings. The summed E-state index contributed by atoms with van der Waals surface area (Å²) >= 11 is 1.83. The zero-order valence-corrected chi connectivity index (χ0v) is 12.6. The minimum Gasteiger partial charge on any atom is -0.311 e. The molecule has 1 aromatic rings. The van der Waals surface area contributed by atoms with E-state index in [4.69, 9.17) is 0 Å². The van der Waals surface area contributed by atoms with Gasteiger partial charge in [0, 0.05) is 12.0 Å². The van der Waals surface area contributed by atoms with Crippen LogP contribution in [0.3, 0.4) is 0 Å². The molecule has 1 N–H and O–H groups in total. The highest BCUT2D eigenvalue weighted by atomic mass is 32.1. The number of nitrogens with one attached hydrogen (secondary N) is 1. The van der Waals surface area contributed by atoms with Crippen molar-refractivity contribution in [3.8, 4) is 0 Å². The molecule has 1 saturated carbocycles. The van der Waals surface area contributed by atoms with Gasteiger partial charge in [-0.15, -0.1) is 10.2 Å². The largest absolute Gasteiger partial charge is 0.311 e. The minimum absolute atomic E-state index is 0.344. The van der Waals surface area contributed by atoms with Gasteiger partial charge in [0.2, 0.25) is 0 Å². The molecule has 0 bridgehead atoms. The Bertz CT molecular complexity index is 367. The monoisotopic (exact) mass is 267 g/mol. The Morgan fingerprint density at radius 3 is 2.61 bits per heavy atom. The van der Waals surface area contributed by atoms with Crippen molar-refractivity contribution in [2.45, 2.75) is 64.8 Å². The summed E-state index contributed by atoms with van der Waals surface area (Å²) in [5, 5.41) is 14.6. The maximum atomic E-state index is 4.50. The summed E-state index contributed by atoms with van der Waals surface area (Å²) in [5.41, 5.74) is 0.344. The van der Waals surface area contributed by atoms with Crippen LogP contribution in [0.15, 0.2) is 0 Å². The smallest absolute Gasteiger partial charge is 0.131 e. The highest BCUT2D eigenvalue weighted by Crippen LogP contribution is 2.46. The van der Waals surface area contributed by atoms with E-state index in [0.29, 0.717) is 5.41 Å². The molecule has 1 aliphatic carbocycles. The summed E-state index contributed by atoms with van der Waals surface area (Å²) in [7, 11) is 0. The molecule has 0 radical (unpaired) electrons. The zero-order valence-electron chi connectivity index (χ0n) is 11.8. The van der Waals surface area contributed by atoms with E-state index < -0.39 is 0 Å². The molecular weight excluding hydrogens is 242 g/mol. The predicted octanol–water partition coefficient (Wildman–Crippen LogP) is 3.51. The second-order valence-corrected chi connectivity index (χ2v) is 6.93. The van der Waals surface area contributed by atoms with Crippen LogP contribution in [0, 0.1) is 5.92 Å². The topological polar surface area (TPSA) is 37.8 Å². The molecule has 102 valence electrons.